The van der Waals surface area contributed by atoms with Gasteiger partial charge in [0.1, 0.15) is 11.9 Å². The number of fused-ring (bicyclic) bond motifs is 7. The molecule has 0 spiro atoms. The summed E-state index contributed by atoms with van der Waals surface area (Å²) in [4.78, 5) is 18.1. The normalized spacial score (nSPS) is 34.5. The number of nitrogens with zero attached hydrogens (tertiary/aromatic N) is 1. The summed E-state index contributed by atoms with van der Waals surface area (Å²) in [7, 11) is 1.67. The minimum absolute atomic E-state index is 0.0794. The van der Waals surface area contributed by atoms with Crippen molar-refractivity contribution in [3.8, 4) is 5.75 Å². The molecule has 0 unspecified atom stereocenters. The van der Waals surface area contributed by atoms with Gasteiger partial charge in [-0.1, -0.05) is 42.9 Å². The number of esters is 1. The van der Waals surface area contributed by atoms with Crippen LogP contribution >= 0.6 is 22.9 Å². The zero-order valence-corrected chi connectivity index (χ0v) is 23.1. The second-order valence-corrected chi connectivity index (χ2v) is 13.1. The number of allylic oxidation sites excluding steroid dienone is 2. The Labute approximate surface area is 222 Å². The molecule has 4 aliphatic carbocycles. The summed E-state index contributed by atoms with van der Waals surface area (Å²) in [5.74, 6) is 2.59. The fraction of sp³-hybridized carbons (Fsp3) is 0.586. The van der Waals surface area contributed by atoms with Crippen LogP contribution in [0.25, 0.3) is 5.57 Å². The van der Waals surface area contributed by atoms with E-state index in [0.29, 0.717) is 22.8 Å². The number of anilines is 2. The lowest BCUT2D eigenvalue weighted by Gasteiger charge is -2.56. The van der Waals surface area contributed by atoms with E-state index in [-0.39, 0.29) is 22.9 Å². The molecule has 36 heavy (non-hydrogen) atoms. The first kappa shape index (κ1) is 24.3. The maximum absolute atomic E-state index is 11.8. The molecule has 1 aromatic heterocycles. The van der Waals surface area contributed by atoms with E-state index >= 15 is 0 Å². The van der Waals surface area contributed by atoms with Crippen molar-refractivity contribution in [3.63, 3.8) is 0 Å². The largest absolute Gasteiger partial charge is 0.495 e. The Morgan fingerprint density at radius 1 is 1.19 bits per heavy atom. The molecule has 6 rings (SSSR count). The van der Waals surface area contributed by atoms with Gasteiger partial charge >= 0.3 is 5.97 Å². The summed E-state index contributed by atoms with van der Waals surface area (Å²) in [5.41, 5.74) is 3.85. The van der Waals surface area contributed by atoms with Gasteiger partial charge in [0.15, 0.2) is 5.13 Å². The molecule has 1 aromatic carbocycles. The number of hydrogen-bond donors (Lipinski definition) is 1. The van der Waals surface area contributed by atoms with Crippen LogP contribution in [0.5, 0.6) is 5.75 Å². The number of ether oxygens (including phenoxy) is 2. The number of hydrogen-bond acceptors (Lipinski definition) is 6. The van der Waals surface area contributed by atoms with Gasteiger partial charge < -0.3 is 14.8 Å². The van der Waals surface area contributed by atoms with Crippen molar-refractivity contribution in [2.75, 3.05) is 12.4 Å². The molecular formula is C29H35ClN2O3S. The van der Waals surface area contributed by atoms with Gasteiger partial charge in [0, 0.05) is 17.4 Å². The number of carbonyl (C=O) groups is 1. The van der Waals surface area contributed by atoms with Gasteiger partial charge in [-0.15, -0.1) is 0 Å². The van der Waals surface area contributed by atoms with E-state index in [9.17, 15) is 4.79 Å². The highest BCUT2D eigenvalue weighted by atomic mass is 35.5. The standard InChI is InChI=1S/C29H35ClN2O3S/c1-16(33)35-25-10-8-19-18-6-7-21-26-22(12-14-28(21,2)20(18)11-13-29(19,25)3)31-27(36-26)32-23-15-17(30)5-9-24(23)34-4/h5,7,9,15,18-20,25H,6,8,10-14H2,1-4H3,(H,31,32)/t18-,19-,20-,25-,28+,29-/m0/s1. The molecule has 0 radical (unpaired) electrons. The van der Waals surface area contributed by atoms with Gasteiger partial charge in [-0.05, 0) is 91.9 Å². The zero-order chi connectivity index (χ0) is 25.2. The van der Waals surface area contributed by atoms with Gasteiger partial charge in [-0.25, -0.2) is 4.98 Å². The lowest BCUT2D eigenvalue weighted by Crippen LogP contribution is -2.50. The number of methoxy groups -OCH3 is 1. The summed E-state index contributed by atoms with van der Waals surface area (Å²) in [5, 5.41) is 5.03. The smallest absolute Gasteiger partial charge is 0.302 e. The Bertz CT molecular complexity index is 1240. The van der Waals surface area contributed by atoms with E-state index in [0.717, 1.165) is 48.7 Å². The summed E-state index contributed by atoms with van der Waals surface area (Å²) < 4.78 is 11.4. The lowest BCUT2D eigenvalue weighted by molar-refractivity contribution is -0.156. The fourth-order valence-corrected chi connectivity index (χ4v) is 9.54. The van der Waals surface area contributed by atoms with E-state index in [4.69, 9.17) is 26.1 Å². The second-order valence-electron chi connectivity index (χ2n) is 11.6. The van der Waals surface area contributed by atoms with E-state index < -0.39 is 0 Å². The molecule has 0 amide bonds. The van der Waals surface area contributed by atoms with Crippen LogP contribution < -0.4 is 10.1 Å². The van der Waals surface area contributed by atoms with Crippen molar-refractivity contribution in [2.45, 2.75) is 71.8 Å². The highest BCUT2D eigenvalue weighted by Gasteiger charge is 2.59. The topological polar surface area (TPSA) is 60.4 Å². The quantitative estimate of drug-likeness (QED) is 0.414. The average molecular weight is 527 g/mol. The van der Waals surface area contributed by atoms with Crippen molar-refractivity contribution in [3.05, 3.63) is 39.9 Å². The average Bonchev–Trinajstić information content (AvgIpc) is 3.39. The maximum atomic E-state index is 11.8. The van der Waals surface area contributed by atoms with Crippen LogP contribution in [0.4, 0.5) is 10.8 Å². The molecule has 0 aliphatic heterocycles. The molecule has 5 nitrogen and oxygen atoms in total. The van der Waals surface area contributed by atoms with Crippen molar-refractivity contribution in [2.24, 2.45) is 28.6 Å². The number of halogens is 1. The Balaban J connectivity index is 1.29. The minimum atomic E-state index is -0.133. The van der Waals surface area contributed by atoms with Crippen LogP contribution in [-0.4, -0.2) is 24.2 Å². The summed E-state index contributed by atoms with van der Waals surface area (Å²) in [6.45, 7) is 6.45. The van der Waals surface area contributed by atoms with Gasteiger partial charge in [0.2, 0.25) is 0 Å². The van der Waals surface area contributed by atoms with E-state index in [1.54, 1.807) is 25.4 Å². The van der Waals surface area contributed by atoms with Crippen LogP contribution in [0.1, 0.15) is 69.9 Å². The van der Waals surface area contributed by atoms with Crippen LogP contribution in [0.15, 0.2) is 24.3 Å². The third kappa shape index (κ3) is 3.70. The van der Waals surface area contributed by atoms with Crippen LogP contribution in [0, 0.1) is 28.6 Å². The first-order chi connectivity index (χ1) is 17.2. The fourth-order valence-electron chi connectivity index (χ4n) is 8.17. The third-order valence-corrected chi connectivity index (χ3v) is 11.2. The number of carbonyl (C=O) groups excluding carboxylic acids is 1. The predicted octanol–water partition coefficient (Wildman–Crippen LogP) is 7.66. The minimum Gasteiger partial charge on any atom is -0.495 e. The Hall–Kier alpha value is -2.05. The molecule has 2 aromatic rings. The number of aromatic nitrogens is 1. The lowest BCUT2D eigenvalue weighted by atomic mass is 9.48. The molecule has 6 atom stereocenters. The molecule has 1 N–H and O–H groups in total. The number of benzene rings is 1. The molecule has 0 saturated heterocycles. The number of thiazole rings is 1. The Morgan fingerprint density at radius 2 is 2.03 bits per heavy atom. The van der Waals surface area contributed by atoms with Crippen molar-refractivity contribution in [1.29, 1.82) is 0 Å². The molecule has 192 valence electrons. The third-order valence-electron chi connectivity index (χ3n) is 9.91. The van der Waals surface area contributed by atoms with Gasteiger partial charge in [-0.3, -0.25) is 4.79 Å². The first-order valence-electron chi connectivity index (χ1n) is 13.2. The number of aryl methyl sites for hydroxylation is 1. The predicted molar refractivity (Wildman–Crippen MR) is 145 cm³/mol. The van der Waals surface area contributed by atoms with Crippen molar-refractivity contribution >= 4 is 45.3 Å². The monoisotopic (exact) mass is 526 g/mol. The molecule has 2 fully saturated rings. The maximum Gasteiger partial charge on any atom is 0.302 e. The van der Waals surface area contributed by atoms with E-state index in [2.05, 4.69) is 25.2 Å². The zero-order valence-electron chi connectivity index (χ0n) is 21.5. The molecule has 7 heteroatoms. The summed E-state index contributed by atoms with van der Waals surface area (Å²) in [6, 6.07) is 5.60. The molecule has 4 aliphatic rings. The second kappa shape index (κ2) is 8.76. The van der Waals surface area contributed by atoms with Crippen molar-refractivity contribution in [1.82, 2.24) is 4.98 Å². The van der Waals surface area contributed by atoms with Gasteiger partial charge in [0.05, 0.1) is 23.4 Å². The van der Waals surface area contributed by atoms with Gasteiger partial charge in [-0.2, -0.15) is 0 Å². The number of nitrogens with one attached hydrogen (secondary N) is 1. The summed E-state index contributed by atoms with van der Waals surface area (Å²) >= 11 is 8.01. The van der Waals surface area contributed by atoms with Crippen LogP contribution in [0.3, 0.4) is 0 Å². The molecule has 2 saturated carbocycles. The Kier molecular flexibility index (Phi) is 5.91. The first-order valence-corrected chi connectivity index (χ1v) is 14.4. The molecule has 1 heterocycles. The van der Waals surface area contributed by atoms with Gasteiger partial charge in [0.25, 0.3) is 0 Å². The van der Waals surface area contributed by atoms with E-state index in [1.807, 2.05) is 18.2 Å². The highest BCUT2D eigenvalue weighted by molar-refractivity contribution is 7.16. The summed E-state index contributed by atoms with van der Waals surface area (Å²) in [6.07, 6.45) is 10.4. The SMILES string of the molecule is COc1ccc(Cl)cc1Nc1nc2c(s1)C1=CC[C@H]3[C@@H]4CC[C@H](OC(C)=O)[C@@]4(C)CC[C@@H]3[C@@]1(C)CC2. The highest BCUT2D eigenvalue weighted by Crippen LogP contribution is 2.66. The van der Waals surface area contributed by atoms with Crippen LogP contribution in [0.2, 0.25) is 5.02 Å². The number of rotatable bonds is 4. The van der Waals surface area contributed by atoms with E-state index in [1.165, 1.54) is 29.0 Å². The van der Waals surface area contributed by atoms with Crippen molar-refractivity contribution < 1.29 is 14.3 Å². The Morgan fingerprint density at radius 3 is 2.81 bits per heavy atom. The molecule has 0 bridgehead atoms. The van der Waals surface area contributed by atoms with Crippen LogP contribution in [-0.2, 0) is 16.0 Å². The molecular weight excluding hydrogens is 492 g/mol.